The number of carbonyl (C=O) groups is 2. The number of amides is 1. The molecule has 0 spiro atoms. The quantitative estimate of drug-likeness (QED) is 0.601. The van der Waals surface area contributed by atoms with Gasteiger partial charge in [-0.05, 0) is 45.1 Å². The van der Waals surface area contributed by atoms with Gasteiger partial charge in [-0.2, -0.15) is 0 Å². The molecule has 1 atom stereocenters. The zero-order chi connectivity index (χ0) is 18.6. The van der Waals surface area contributed by atoms with E-state index in [4.69, 9.17) is 17.0 Å². The average molecular weight is 401 g/mol. The summed E-state index contributed by atoms with van der Waals surface area (Å²) >= 11 is 8.08. The standard InChI is InChI=1S/C17H24N2O3S3/c1-5-22-16(21)13-11-8-6-7-9-12(11)25-15(13)18-14(20)10(2)24-17(23)19(3)4/h10H,5-9H2,1-4H3,(H,18,20)/t10-/m0/s1. The highest BCUT2D eigenvalue weighted by Crippen LogP contribution is 2.38. The van der Waals surface area contributed by atoms with Crippen LogP contribution in [-0.4, -0.2) is 47.0 Å². The molecule has 0 aromatic carbocycles. The molecule has 0 saturated carbocycles. The van der Waals surface area contributed by atoms with Crippen molar-refractivity contribution in [1.29, 1.82) is 0 Å². The molecule has 1 aromatic heterocycles. The first-order chi connectivity index (χ1) is 11.8. The molecular weight excluding hydrogens is 376 g/mol. The molecule has 1 aliphatic rings. The minimum Gasteiger partial charge on any atom is -0.462 e. The fourth-order valence-corrected chi connectivity index (χ4v) is 4.99. The van der Waals surface area contributed by atoms with E-state index in [2.05, 4.69) is 5.32 Å². The summed E-state index contributed by atoms with van der Waals surface area (Å²) < 4.78 is 5.87. The van der Waals surface area contributed by atoms with Crippen LogP contribution in [0.5, 0.6) is 0 Å². The van der Waals surface area contributed by atoms with Gasteiger partial charge in [0.2, 0.25) is 5.91 Å². The Hall–Kier alpha value is -1.12. The van der Waals surface area contributed by atoms with Crippen LogP contribution < -0.4 is 5.32 Å². The molecule has 5 nitrogen and oxygen atoms in total. The largest absolute Gasteiger partial charge is 0.462 e. The maximum atomic E-state index is 12.6. The molecule has 138 valence electrons. The number of nitrogens with zero attached hydrogens (tertiary/aromatic N) is 1. The van der Waals surface area contributed by atoms with Gasteiger partial charge in [0.25, 0.3) is 0 Å². The number of thioether (sulfide) groups is 1. The second-order valence-electron chi connectivity index (χ2n) is 6.05. The van der Waals surface area contributed by atoms with Crippen LogP contribution >= 0.6 is 35.3 Å². The Labute approximate surface area is 162 Å². The molecule has 0 saturated heterocycles. The van der Waals surface area contributed by atoms with Crippen LogP contribution in [0.25, 0.3) is 0 Å². The van der Waals surface area contributed by atoms with Gasteiger partial charge in [-0.25, -0.2) is 4.79 Å². The van der Waals surface area contributed by atoms with Gasteiger partial charge in [0, 0.05) is 19.0 Å². The Morgan fingerprint density at radius 1 is 1.36 bits per heavy atom. The van der Waals surface area contributed by atoms with Crippen molar-refractivity contribution in [2.75, 3.05) is 26.0 Å². The van der Waals surface area contributed by atoms with E-state index in [0.29, 0.717) is 21.5 Å². The number of fused-ring (bicyclic) bond motifs is 1. The Bertz CT molecular complexity index is 670. The fraction of sp³-hybridized carbons (Fsp3) is 0.588. The van der Waals surface area contributed by atoms with Gasteiger partial charge >= 0.3 is 5.97 Å². The first-order valence-electron chi connectivity index (χ1n) is 8.35. The number of nitrogens with one attached hydrogen (secondary N) is 1. The van der Waals surface area contributed by atoms with Crippen molar-refractivity contribution in [1.82, 2.24) is 4.90 Å². The molecule has 8 heteroatoms. The van der Waals surface area contributed by atoms with Gasteiger partial charge in [0.05, 0.1) is 17.4 Å². The Balaban J connectivity index is 2.20. The lowest BCUT2D eigenvalue weighted by atomic mass is 9.95. The fourth-order valence-electron chi connectivity index (χ4n) is 2.60. The first-order valence-corrected chi connectivity index (χ1v) is 10.5. The van der Waals surface area contributed by atoms with E-state index >= 15 is 0 Å². The third-order valence-electron chi connectivity index (χ3n) is 3.90. The summed E-state index contributed by atoms with van der Waals surface area (Å²) in [5.41, 5.74) is 1.59. The van der Waals surface area contributed by atoms with Gasteiger partial charge in [0.1, 0.15) is 9.32 Å². The van der Waals surface area contributed by atoms with Crippen LogP contribution in [0, 0.1) is 0 Å². The minimum absolute atomic E-state index is 0.154. The first kappa shape index (κ1) is 20.2. The third-order valence-corrected chi connectivity index (χ3v) is 6.90. The second kappa shape index (κ2) is 9.00. The maximum absolute atomic E-state index is 12.6. The van der Waals surface area contributed by atoms with E-state index in [-0.39, 0.29) is 17.1 Å². The number of ether oxygens (including phenoxy) is 1. The number of thiophene rings is 1. The van der Waals surface area contributed by atoms with Crippen molar-refractivity contribution in [3.63, 3.8) is 0 Å². The molecule has 2 rings (SSSR count). The molecule has 1 N–H and O–H groups in total. The number of rotatable bonds is 5. The van der Waals surface area contributed by atoms with Crippen molar-refractivity contribution >= 4 is 56.5 Å². The topological polar surface area (TPSA) is 58.6 Å². The number of hydrogen-bond donors (Lipinski definition) is 1. The van der Waals surface area contributed by atoms with Crippen LogP contribution in [0.2, 0.25) is 0 Å². The van der Waals surface area contributed by atoms with Gasteiger partial charge < -0.3 is 15.0 Å². The van der Waals surface area contributed by atoms with Gasteiger partial charge in [0.15, 0.2) is 0 Å². The third kappa shape index (κ3) is 4.95. The number of aryl methyl sites for hydroxylation is 1. The molecule has 0 bridgehead atoms. The summed E-state index contributed by atoms with van der Waals surface area (Å²) in [6.45, 7) is 3.92. The van der Waals surface area contributed by atoms with Crippen LogP contribution in [-0.2, 0) is 22.4 Å². The molecule has 1 aromatic rings. The summed E-state index contributed by atoms with van der Waals surface area (Å²) in [7, 11) is 3.71. The monoisotopic (exact) mass is 400 g/mol. The number of anilines is 1. The van der Waals surface area contributed by atoms with E-state index < -0.39 is 0 Å². The zero-order valence-corrected chi connectivity index (χ0v) is 17.5. The second-order valence-corrected chi connectivity index (χ2v) is 9.12. The molecule has 0 aliphatic heterocycles. The van der Waals surface area contributed by atoms with E-state index in [0.717, 1.165) is 31.2 Å². The summed E-state index contributed by atoms with van der Waals surface area (Å²) in [6.07, 6.45) is 4.00. The van der Waals surface area contributed by atoms with Crippen molar-refractivity contribution in [3.05, 3.63) is 16.0 Å². The minimum atomic E-state index is -0.346. The van der Waals surface area contributed by atoms with Crippen molar-refractivity contribution in [3.8, 4) is 0 Å². The SMILES string of the molecule is CCOC(=O)c1c(NC(=O)[C@H](C)SC(=S)N(C)C)sc2c1CCCC2. The molecule has 1 heterocycles. The Morgan fingerprint density at radius 2 is 2.04 bits per heavy atom. The number of hydrogen-bond acceptors (Lipinski definition) is 6. The zero-order valence-electron chi connectivity index (χ0n) is 15.0. The molecule has 1 amide bonds. The van der Waals surface area contributed by atoms with Gasteiger partial charge in [-0.1, -0.05) is 24.0 Å². The summed E-state index contributed by atoms with van der Waals surface area (Å²) in [5.74, 6) is -0.500. The van der Waals surface area contributed by atoms with Crippen LogP contribution in [0.1, 0.15) is 47.5 Å². The predicted octanol–water partition coefficient (Wildman–Crippen LogP) is 3.71. The Morgan fingerprint density at radius 3 is 2.68 bits per heavy atom. The maximum Gasteiger partial charge on any atom is 0.341 e. The number of esters is 1. The normalized spacial score (nSPS) is 14.4. The van der Waals surface area contributed by atoms with Crippen LogP contribution in [0.3, 0.4) is 0 Å². The van der Waals surface area contributed by atoms with Crippen molar-refractivity contribution in [2.24, 2.45) is 0 Å². The van der Waals surface area contributed by atoms with Crippen molar-refractivity contribution in [2.45, 2.75) is 44.8 Å². The average Bonchev–Trinajstić information content (AvgIpc) is 2.92. The number of thiocarbonyl (C=S) groups is 1. The molecule has 0 radical (unpaired) electrons. The van der Waals surface area contributed by atoms with Crippen LogP contribution in [0.4, 0.5) is 5.00 Å². The molecule has 25 heavy (non-hydrogen) atoms. The lowest BCUT2D eigenvalue weighted by Gasteiger charge is -2.17. The van der Waals surface area contributed by atoms with Gasteiger partial charge in [-0.15, -0.1) is 11.3 Å². The number of carbonyl (C=O) groups excluding carboxylic acids is 2. The summed E-state index contributed by atoms with van der Waals surface area (Å²) in [5, 5.41) is 3.20. The lowest BCUT2D eigenvalue weighted by Crippen LogP contribution is -2.27. The highest BCUT2D eigenvalue weighted by molar-refractivity contribution is 8.23. The van der Waals surface area contributed by atoms with E-state index in [1.54, 1.807) is 11.8 Å². The van der Waals surface area contributed by atoms with E-state index in [9.17, 15) is 9.59 Å². The summed E-state index contributed by atoms with van der Waals surface area (Å²) in [4.78, 5) is 28.0. The molecular formula is C17H24N2O3S3. The summed E-state index contributed by atoms with van der Waals surface area (Å²) in [6, 6.07) is 0. The lowest BCUT2D eigenvalue weighted by molar-refractivity contribution is -0.115. The smallest absolute Gasteiger partial charge is 0.341 e. The molecule has 1 aliphatic carbocycles. The van der Waals surface area contributed by atoms with E-state index in [1.165, 1.54) is 28.0 Å². The van der Waals surface area contributed by atoms with Crippen LogP contribution in [0.15, 0.2) is 0 Å². The Kier molecular flexibility index (Phi) is 7.27. The highest BCUT2D eigenvalue weighted by Gasteiger charge is 2.28. The molecule has 0 unspecified atom stereocenters. The molecule has 0 fully saturated rings. The highest BCUT2D eigenvalue weighted by atomic mass is 32.2. The van der Waals surface area contributed by atoms with E-state index in [1.807, 2.05) is 21.0 Å². The predicted molar refractivity (Wildman–Crippen MR) is 109 cm³/mol. The van der Waals surface area contributed by atoms with Gasteiger partial charge in [-0.3, -0.25) is 4.79 Å². The van der Waals surface area contributed by atoms with Crippen molar-refractivity contribution < 1.29 is 14.3 Å².